The van der Waals surface area contributed by atoms with Crippen molar-refractivity contribution in [2.75, 3.05) is 0 Å². The molecule has 0 fully saturated rings. The smallest absolute Gasteiger partial charge is 0.0487 e. The Morgan fingerprint density at radius 2 is 0.909 bits per heavy atom. The lowest BCUT2D eigenvalue weighted by Crippen LogP contribution is -2.11. The normalized spacial score (nSPS) is 12.5. The van der Waals surface area contributed by atoms with Crippen molar-refractivity contribution in [3.8, 4) is 11.1 Å². The minimum atomic E-state index is 0.0854. The first kappa shape index (κ1) is 17.4. The first-order valence-electron chi connectivity index (χ1n) is 7.60. The molecule has 0 atom stereocenters. The molecule has 0 amide bonds. The van der Waals surface area contributed by atoms with Gasteiger partial charge in [0.2, 0.25) is 0 Å². The summed E-state index contributed by atoms with van der Waals surface area (Å²) in [7, 11) is 0. The number of halogens is 2. The first-order valence-corrected chi connectivity index (χ1v) is 8.36. The molecule has 0 spiro atoms. The van der Waals surface area contributed by atoms with Gasteiger partial charge in [-0.1, -0.05) is 89.0 Å². The number of benzene rings is 2. The molecular weight excluding hydrogens is 311 g/mol. The van der Waals surface area contributed by atoms with E-state index in [4.69, 9.17) is 23.2 Å². The predicted octanol–water partition coefficient (Wildman–Crippen LogP) is 7.26. The third-order valence-electron chi connectivity index (χ3n) is 3.96. The second-order valence-electron chi connectivity index (χ2n) is 7.89. The largest absolute Gasteiger partial charge is 0.0837 e. The summed E-state index contributed by atoms with van der Waals surface area (Å²) < 4.78 is 0. The van der Waals surface area contributed by atoms with Gasteiger partial charge >= 0.3 is 0 Å². The quantitative estimate of drug-likeness (QED) is 0.514. The molecule has 0 bridgehead atoms. The Bertz CT molecular complexity index is 624. The highest BCUT2D eigenvalue weighted by Gasteiger charge is 2.18. The molecule has 118 valence electrons. The molecule has 0 saturated carbocycles. The third kappa shape index (κ3) is 3.67. The van der Waals surface area contributed by atoms with Crippen LogP contribution in [0.1, 0.15) is 52.7 Å². The molecule has 2 aromatic rings. The van der Waals surface area contributed by atoms with Crippen LogP contribution in [0.25, 0.3) is 11.1 Å². The van der Waals surface area contributed by atoms with E-state index in [0.29, 0.717) is 0 Å². The molecule has 22 heavy (non-hydrogen) atoms. The zero-order valence-electron chi connectivity index (χ0n) is 14.2. The van der Waals surface area contributed by atoms with Gasteiger partial charge in [-0.05, 0) is 34.1 Å². The molecular formula is C20H24Cl2. The maximum atomic E-state index is 6.51. The van der Waals surface area contributed by atoms with E-state index < -0.39 is 0 Å². The molecule has 0 nitrogen and oxygen atoms in total. The van der Waals surface area contributed by atoms with Crippen LogP contribution in [0, 0.1) is 0 Å². The van der Waals surface area contributed by atoms with Crippen LogP contribution in [0.2, 0.25) is 10.0 Å². The van der Waals surface area contributed by atoms with Crippen molar-refractivity contribution in [3.63, 3.8) is 0 Å². The first-order chi connectivity index (χ1) is 10.00. The van der Waals surface area contributed by atoms with Crippen LogP contribution < -0.4 is 0 Å². The van der Waals surface area contributed by atoms with E-state index in [1.54, 1.807) is 0 Å². The second kappa shape index (κ2) is 5.91. The maximum absolute atomic E-state index is 6.51. The number of hydrogen-bond donors (Lipinski definition) is 0. The fraction of sp³-hybridized carbons (Fsp3) is 0.400. The lowest BCUT2D eigenvalue weighted by atomic mass is 9.85. The summed E-state index contributed by atoms with van der Waals surface area (Å²) in [5.74, 6) is 0. The maximum Gasteiger partial charge on any atom is 0.0487 e. The monoisotopic (exact) mass is 334 g/mol. The van der Waals surface area contributed by atoms with E-state index in [2.05, 4.69) is 65.8 Å². The molecule has 0 aliphatic rings. The fourth-order valence-corrected chi connectivity index (χ4v) is 2.96. The Kier molecular flexibility index (Phi) is 4.66. The summed E-state index contributed by atoms with van der Waals surface area (Å²) in [5.41, 5.74) is 4.59. The Morgan fingerprint density at radius 3 is 1.14 bits per heavy atom. The molecule has 0 aliphatic heterocycles. The minimum Gasteiger partial charge on any atom is -0.0837 e. The van der Waals surface area contributed by atoms with Crippen LogP contribution in [0.15, 0.2) is 36.4 Å². The second-order valence-corrected chi connectivity index (χ2v) is 8.70. The summed E-state index contributed by atoms with van der Waals surface area (Å²) in [5, 5.41) is 1.50. The lowest BCUT2D eigenvalue weighted by molar-refractivity contribution is 0.590. The molecule has 0 heterocycles. The van der Waals surface area contributed by atoms with Gasteiger partial charge in [0.05, 0.1) is 0 Å². The van der Waals surface area contributed by atoms with Gasteiger partial charge in [0, 0.05) is 21.2 Å². The molecule has 0 aromatic heterocycles. The highest BCUT2D eigenvalue weighted by molar-refractivity contribution is 6.36. The van der Waals surface area contributed by atoms with Crippen molar-refractivity contribution in [1.82, 2.24) is 0 Å². The topological polar surface area (TPSA) is 0 Å². The van der Waals surface area contributed by atoms with E-state index in [9.17, 15) is 0 Å². The van der Waals surface area contributed by atoms with Crippen LogP contribution in [0.4, 0.5) is 0 Å². The van der Waals surface area contributed by atoms with Crippen molar-refractivity contribution < 1.29 is 0 Å². The number of rotatable bonds is 1. The van der Waals surface area contributed by atoms with Gasteiger partial charge in [0.25, 0.3) is 0 Å². The van der Waals surface area contributed by atoms with Crippen molar-refractivity contribution in [1.29, 1.82) is 0 Å². The summed E-state index contributed by atoms with van der Waals surface area (Å²) in [6.07, 6.45) is 0. The van der Waals surface area contributed by atoms with Gasteiger partial charge in [0.1, 0.15) is 0 Å². The van der Waals surface area contributed by atoms with Gasteiger partial charge in [-0.2, -0.15) is 0 Å². The third-order valence-corrected chi connectivity index (χ3v) is 4.59. The van der Waals surface area contributed by atoms with E-state index in [-0.39, 0.29) is 10.8 Å². The fourth-order valence-electron chi connectivity index (χ4n) is 2.40. The van der Waals surface area contributed by atoms with Crippen LogP contribution >= 0.6 is 23.2 Å². The van der Waals surface area contributed by atoms with Gasteiger partial charge in [-0.25, -0.2) is 0 Å². The molecule has 0 saturated heterocycles. The van der Waals surface area contributed by atoms with Gasteiger partial charge in [0.15, 0.2) is 0 Å². The highest BCUT2D eigenvalue weighted by Crippen LogP contribution is 2.38. The van der Waals surface area contributed by atoms with Crippen LogP contribution in [-0.4, -0.2) is 0 Å². The van der Waals surface area contributed by atoms with E-state index in [0.717, 1.165) is 21.2 Å². The average molecular weight is 335 g/mol. The van der Waals surface area contributed by atoms with E-state index in [1.807, 2.05) is 12.1 Å². The Balaban J connectivity index is 2.49. The van der Waals surface area contributed by atoms with Crippen molar-refractivity contribution >= 4 is 23.2 Å². The Labute approximate surface area is 144 Å². The van der Waals surface area contributed by atoms with Crippen molar-refractivity contribution in [3.05, 3.63) is 57.6 Å². The zero-order valence-corrected chi connectivity index (χ0v) is 15.7. The standard InChI is InChI=1S/C20H24Cl2/c1-19(2,3)13-7-9-15(17(21)11-13)16-10-8-14(12-18(16)22)20(4,5)6/h7-12H,1-6H3. The van der Waals surface area contributed by atoms with Crippen molar-refractivity contribution in [2.24, 2.45) is 0 Å². The Morgan fingerprint density at radius 1 is 0.591 bits per heavy atom. The highest BCUT2D eigenvalue weighted by atomic mass is 35.5. The number of hydrogen-bond acceptors (Lipinski definition) is 0. The average Bonchev–Trinajstić information content (AvgIpc) is 2.37. The summed E-state index contributed by atoms with van der Waals surface area (Å²) >= 11 is 13.0. The summed E-state index contributed by atoms with van der Waals surface area (Å²) in [4.78, 5) is 0. The van der Waals surface area contributed by atoms with Gasteiger partial charge < -0.3 is 0 Å². The lowest BCUT2D eigenvalue weighted by Gasteiger charge is -2.22. The van der Waals surface area contributed by atoms with E-state index >= 15 is 0 Å². The molecule has 2 aromatic carbocycles. The van der Waals surface area contributed by atoms with E-state index in [1.165, 1.54) is 11.1 Å². The SMILES string of the molecule is CC(C)(C)c1ccc(-c2ccc(C(C)(C)C)cc2Cl)c(Cl)c1. The molecule has 0 N–H and O–H groups in total. The van der Waals surface area contributed by atoms with Gasteiger partial charge in [-0.3, -0.25) is 0 Å². The predicted molar refractivity (Wildman–Crippen MR) is 99.3 cm³/mol. The molecule has 0 aliphatic carbocycles. The van der Waals surface area contributed by atoms with Crippen LogP contribution in [0.5, 0.6) is 0 Å². The van der Waals surface area contributed by atoms with Gasteiger partial charge in [-0.15, -0.1) is 0 Å². The Hall–Kier alpha value is -0.980. The van der Waals surface area contributed by atoms with Crippen LogP contribution in [0.3, 0.4) is 0 Å². The molecule has 0 radical (unpaired) electrons. The molecule has 0 unspecified atom stereocenters. The van der Waals surface area contributed by atoms with Crippen LogP contribution in [-0.2, 0) is 10.8 Å². The summed E-state index contributed by atoms with van der Waals surface area (Å²) in [6, 6.07) is 12.5. The molecule has 2 rings (SSSR count). The molecule has 2 heteroatoms. The van der Waals surface area contributed by atoms with Crippen molar-refractivity contribution in [2.45, 2.75) is 52.4 Å². The zero-order chi connectivity index (χ0) is 16.7. The summed E-state index contributed by atoms with van der Waals surface area (Å²) in [6.45, 7) is 13.1. The minimum absolute atomic E-state index is 0.0854.